The number of halogens is 1. The van der Waals surface area contributed by atoms with Crippen LogP contribution in [0.5, 0.6) is 0 Å². The molecule has 1 aromatic heterocycles. The van der Waals surface area contributed by atoms with Crippen LogP contribution in [0.1, 0.15) is 20.9 Å². The van der Waals surface area contributed by atoms with Gasteiger partial charge in [0.25, 0.3) is 5.91 Å². The monoisotopic (exact) mass is 267 g/mol. The minimum Gasteiger partial charge on any atom is -0.321 e. The third kappa shape index (κ3) is 2.81. The second kappa shape index (κ2) is 5.25. The van der Waals surface area contributed by atoms with Crippen LogP contribution < -0.4 is 5.32 Å². The van der Waals surface area contributed by atoms with E-state index in [1.807, 2.05) is 24.3 Å². The first-order valence-electron chi connectivity index (χ1n) is 4.96. The molecule has 0 unspecified atom stereocenters. The Morgan fingerprint density at radius 3 is 2.65 bits per heavy atom. The van der Waals surface area contributed by atoms with Crippen LogP contribution in [0.25, 0.3) is 0 Å². The van der Waals surface area contributed by atoms with Gasteiger partial charge in [-0.1, -0.05) is 16.6 Å². The van der Waals surface area contributed by atoms with E-state index < -0.39 is 0 Å². The lowest BCUT2D eigenvalue weighted by Gasteiger charge is -2.04. The number of alkyl halides is 1. The molecule has 0 aliphatic heterocycles. The molecule has 0 saturated carbocycles. The predicted molar refractivity (Wildman–Crippen MR) is 68.6 cm³/mol. The van der Waals surface area contributed by atoms with Crippen LogP contribution in [0.3, 0.4) is 0 Å². The van der Waals surface area contributed by atoms with Gasteiger partial charge in [0.15, 0.2) is 0 Å². The Bertz CT molecular complexity index is 524. The van der Waals surface area contributed by atoms with Crippen LogP contribution >= 0.6 is 23.1 Å². The molecule has 6 heteroatoms. The summed E-state index contributed by atoms with van der Waals surface area (Å²) in [7, 11) is 0. The van der Waals surface area contributed by atoms with Gasteiger partial charge in [-0.05, 0) is 36.2 Å². The van der Waals surface area contributed by atoms with Crippen molar-refractivity contribution < 1.29 is 4.79 Å². The minimum absolute atomic E-state index is 0.184. The molecular formula is C11H10ClN3OS. The quantitative estimate of drug-likeness (QED) is 0.870. The average molecular weight is 268 g/mol. The molecule has 0 saturated heterocycles. The maximum Gasteiger partial charge on any atom is 0.269 e. The number of anilines is 1. The summed E-state index contributed by atoms with van der Waals surface area (Å²) in [6, 6.07) is 7.39. The summed E-state index contributed by atoms with van der Waals surface area (Å²) >= 11 is 6.78. The van der Waals surface area contributed by atoms with E-state index in [1.165, 1.54) is 0 Å². The number of amides is 1. The van der Waals surface area contributed by atoms with Crippen molar-refractivity contribution in [3.05, 3.63) is 40.4 Å². The van der Waals surface area contributed by atoms with Crippen LogP contribution in [0, 0.1) is 6.92 Å². The largest absolute Gasteiger partial charge is 0.321 e. The van der Waals surface area contributed by atoms with Gasteiger partial charge in [-0.2, -0.15) is 0 Å². The van der Waals surface area contributed by atoms with Crippen LogP contribution in [0.15, 0.2) is 24.3 Å². The molecule has 0 aliphatic carbocycles. The molecule has 88 valence electrons. The Balaban J connectivity index is 2.10. The molecule has 1 aromatic carbocycles. The summed E-state index contributed by atoms with van der Waals surface area (Å²) in [6.45, 7) is 1.76. The number of nitrogens with zero attached hydrogens (tertiary/aromatic N) is 2. The van der Waals surface area contributed by atoms with E-state index in [0.29, 0.717) is 16.5 Å². The predicted octanol–water partition coefficient (Wildman–Crippen LogP) is 2.84. The van der Waals surface area contributed by atoms with Gasteiger partial charge in [0, 0.05) is 11.6 Å². The topological polar surface area (TPSA) is 54.9 Å². The molecule has 4 nitrogen and oxygen atoms in total. The molecule has 0 atom stereocenters. The maximum atomic E-state index is 11.8. The highest BCUT2D eigenvalue weighted by molar-refractivity contribution is 7.08. The minimum atomic E-state index is -0.184. The van der Waals surface area contributed by atoms with Crippen molar-refractivity contribution >= 4 is 34.7 Å². The number of hydrogen-bond donors (Lipinski definition) is 1. The van der Waals surface area contributed by atoms with Gasteiger partial charge >= 0.3 is 0 Å². The second-order valence-corrected chi connectivity index (χ2v) is 4.49. The Morgan fingerprint density at radius 1 is 1.41 bits per heavy atom. The Hall–Kier alpha value is -1.46. The van der Waals surface area contributed by atoms with Crippen molar-refractivity contribution in [1.82, 2.24) is 9.59 Å². The van der Waals surface area contributed by atoms with E-state index >= 15 is 0 Å². The van der Waals surface area contributed by atoms with Crippen LogP contribution in [0.4, 0.5) is 5.69 Å². The van der Waals surface area contributed by atoms with E-state index in [1.54, 1.807) is 6.92 Å². The lowest BCUT2D eigenvalue weighted by Crippen LogP contribution is -2.11. The molecule has 0 aliphatic rings. The third-order valence-electron chi connectivity index (χ3n) is 2.22. The number of carbonyl (C=O) groups excluding carboxylic acids is 1. The summed E-state index contributed by atoms with van der Waals surface area (Å²) in [5.41, 5.74) is 2.39. The summed E-state index contributed by atoms with van der Waals surface area (Å²) in [5, 5.41) is 6.58. The van der Waals surface area contributed by atoms with Gasteiger partial charge in [0.1, 0.15) is 4.88 Å². The van der Waals surface area contributed by atoms with Gasteiger partial charge in [0.05, 0.1) is 5.69 Å². The first-order valence-corrected chi connectivity index (χ1v) is 6.26. The van der Waals surface area contributed by atoms with E-state index in [2.05, 4.69) is 14.9 Å². The Morgan fingerprint density at radius 2 is 2.12 bits per heavy atom. The fourth-order valence-electron chi connectivity index (χ4n) is 1.30. The number of nitrogens with one attached hydrogen (secondary N) is 1. The van der Waals surface area contributed by atoms with E-state index in [9.17, 15) is 4.79 Å². The SMILES string of the molecule is Cc1nnsc1C(=O)Nc1ccc(CCl)cc1. The van der Waals surface area contributed by atoms with Crippen molar-refractivity contribution in [3.63, 3.8) is 0 Å². The van der Waals surface area contributed by atoms with E-state index in [-0.39, 0.29) is 5.91 Å². The van der Waals surface area contributed by atoms with Gasteiger partial charge in [-0.25, -0.2) is 0 Å². The molecule has 0 spiro atoms. The zero-order chi connectivity index (χ0) is 12.3. The zero-order valence-corrected chi connectivity index (χ0v) is 10.7. The molecule has 2 aromatic rings. The van der Waals surface area contributed by atoms with Crippen molar-refractivity contribution in [2.75, 3.05) is 5.32 Å². The van der Waals surface area contributed by atoms with Crippen molar-refractivity contribution in [1.29, 1.82) is 0 Å². The fraction of sp³-hybridized carbons (Fsp3) is 0.182. The highest BCUT2D eigenvalue weighted by atomic mass is 35.5. The molecule has 0 fully saturated rings. The normalized spacial score (nSPS) is 10.2. The van der Waals surface area contributed by atoms with Gasteiger partial charge in [-0.15, -0.1) is 16.7 Å². The molecule has 1 amide bonds. The standard InChI is InChI=1S/C11H10ClN3OS/c1-7-10(17-15-14-7)11(16)13-9-4-2-8(6-12)3-5-9/h2-5H,6H2,1H3,(H,13,16). The number of benzene rings is 1. The second-order valence-electron chi connectivity index (χ2n) is 3.47. The van der Waals surface area contributed by atoms with Crippen LogP contribution in [-0.4, -0.2) is 15.5 Å². The van der Waals surface area contributed by atoms with E-state index in [0.717, 1.165) is 22.8 Å². The number of carbonyl (C=O) groups is 1. The molecule has 0 radical (unpaired) electrons. The summed E-state index contributed by atoms with van der Waals surface area (Å²) in [6.07, 6.45) is 0. The highest BCUT2D eigenvalue weighted by Crippen LogP contribution is 2.15. The van der Waals surface area contributed by atoms with Crippen LogP contribution in [0.2, 0.25) is 0 Å². The number of rotatable bonds is 3. The smallest absolute Gasteiger partial charge is 0.269 e. The molecular weight excluding hydrogens is 258 g/mol. The van der Waals surface area contributed by atoms with E-state index in [4.69, 9.17) is 11.6 Å². The maximum absolute atomic E-state index is 11.8. The zero-order valence-electron chi connectivity index (χ0n) is 9.11. The fourth-order valence-corrected chi connectivity index (χ4v) is 2.03. The van der Waals surface area contributed by atoms with Gasteiger partial charge < -0.3 is 5.32 Å². The summed E-state index contributed by atoms with van der Waals surface area (Å²) in [4.78, 5) is 12.4. The first kappa shape index (κ1) is 12.0. The van der Waals surface area contributed by atoms with Crippen LogP contribution in [-0.2, 0) is 5.88 Å². The van der Waals surface area contributed by atoms with Gasteiger partial charge in [0.2, 0.25) is 0 Å². The average Bonchev–Trinajstić information content (AvgIpc) is 2.76. The van der Waals surface area contributed by atoms with Gasteiger partial charge in [-0.3, -0.25) is 4.79 Å². The van der Waals surface area contributed by atoms with Crippen molar-refractivity contribution in [2.45, 2.75) is 12.8 Å². The Kier molecular flexibility index (Phi) is 3.71. The van der Waals surface area contributed by atoms with Crippen molar-refractivity contribution in [3.8, 4) is 0 Å². The lowest BCUT2D eigenvalue weighted by molar-refractivity contribution is 0.103. The highest BCUT2D eigenvalue weighted by Gasteiger charge is 2.12. The summed E-state index contributed by atoms with van der Waals surface area (Å²) < 4.78 is 3.73. The number of hydrogen-bond acceptors (Lipinski definition) is 4. The molecule has 1 N–H and O–H groups in total. The molecule has 17 heavy (non-hydrogen) atoms. The Labute approximate surface area is 108 Å². The molecule has 1 heterocycles. The number of aromatic nitrogens is 2. The summed E-state index contributed by atoms with van der Waals surface area (Å²) in [5.74, 6) is 0.280. The third-order valence-corrected chi connectivity index (χ3v) is 3.36. The number of aryl methyl sites for hydroxylation is 1. The van der Waals surface area contributed by atoms with Crippen molar-refractivity contribution in [2.24, 2.45) is 0 Å². The first-order chi connectivity index (χ1) is 8.20. The molecule has 2 rings (SSSR count). The lowest BCUT2D eigenvalue weighted by atomic mass is 10.2. The molecule has 0 bridgehead atoms.